The molecule has 3 nitrogen and oxygen atoms in total. The van der Waals surface area contributed by atoms with E-state index in [9.17, 15) is 4.79 Å². The van der Waals surface area contributed by atoms with Crippen molar-refractivity contribution in [2.45, 2.75) is 64.8 Å². The highest BCUT2D eigenvalue weighted by Crippen LogP contribution is 2.28. The van der Waals surface area contributed by atoms with E-state index >= 15 is 0 Å². The van der Waals surface area contributed by atoms with Crippen molar-refractivity contribution in [3.8, 4) is 0 Å². The Kier molecular flexibility index (Phi) is 5.68. The third-order valence-corrected chi connectivity index (χ3v) is 4.96. The zero-order chi connectivity index (χ0) is 13.7. The molecule has 2 aliphatic rings. The van der Waals surface area contributed by atoms with Gasteiger partial charge in [-0.1, -0.05) is 13.8 Å². The number of piperidine rings is 1. The van der Waals surface area contributed by atoms with Crippen LogP contribution in [0.25, 0.3) is 0 Å². The molecule has 0 radical (unpaired) electrons. The van der Waals surface area contributed by atoms with Gasteiger partial charge in [0, 0.05) is 12.5 Å². The van der Waals surface area contributed by atoms with Crippen molar-refractivity contribution in [3.05, 3.63) is 0 Å². The number of nitrogens with one attached hydrogen (secondary N) is 2. The normalized spacial score (nSPS) is 35.9. The highest BCUT2D eigenvalue weighted by Gasteiger charge is 2.26. The first-order valence-electron chi connectivity index (χ1n) is 8.15. The van der Waals surface area contributed by atoms with Crippen LogP contribution in [-0.4, -0.2) is 25.0 Å². The van der Waals surface area contributed by atoms with Gasteiger partial charge in [-0.3, -0.25) is 4.79 Å². The number of carbonyl (C=O) groups excluding carboxylic acids is 1. The summed E-state index contributed by atoms with van der Waals surface area (Å²) in [7, 11) is 0. The molecule has 0 aromatic carbocycles. The Labute approximate surface area is 117 Å². The zero-order valence-corrected chi connectivity index (χ0v) is 12.6. The Morgan fingerprint density at radius 2 is 2.11 bits per heavy atom. The molecule has 1 saturated heterocycles. The lowest BCUT2D eigenvalue weighted by atomic mass is 9.80. The number of amides is 1. The highest BCUT2D eigenvalue weighted by molar-refractivity contribution is 5.76. The first-order valence-corrected chi connectivity index (χ1v) is 8.15. The van der Waals surface area contributed by atoms with Crippen LogP contribution in [0.2, 0.25) is 0 Å². The van der Waals surface area contributed by atoms with Crippen molar-refractivity contribution in [2.24, 2.45) is 17.8 Å². The van der Waals surface area contributed by atoms with Gasteiger partial charge in [0.25, 0.3) is 0 Å². The van der Waals surface area contributed by atoms with E-state index in [0.29, 0.717) is 24.3 Å². The van der Waals surface area contributed by atoms with Gasteiger partial charge in [0.15, 0.2) is 0 Å². The third-order valence-electron chi connectivity index (χ3n) is 4.96. The molecule has 2 N–H and O–H groups in total. The van der Waals surface area contributed by atoms with Gasteiger partial charge in [-0.15, -0.1) is 0 Å². The van der Waals surface area contributed by atoms with E-state index in [1.807, 2.05) is 0 Å². The Balaban J connectivity index is 1.66. The minimum Gasteiger partial charge on any atom is -0.353 e. The average molecular weight is 266 g/mol. The first kappa shape index (κ1) is 14.8. The molecule has 1 saturated carbocycles. The largest absolute Gasteiger partial charge is 0.353 e. The smallest absolute Gasteiger partial charge is 0.220 e. The maximum absolute atomic E-state index is 12.0. The number of carbonyl (C=O) groups is 1. The van der Waals surface area contributed by atoms with Crippen LogP contribution in [-0.2, 0) is 4.79 Å². The number of rotatable bonds is 4. The van der Waals surface area contributed by atoms with Crippen LogP contribution >= 0.6 is 0 Å². The molecule has 110 valence electrons. The second-order valence-electron chi connectivity index (χ2n) is 6.82. The summed E-state index contributed by atoms with van der Waals surface area (Å²) in [5.74, 6) is 2.46. The molecular weight excluding hydrogens is 236 g/mol. The lowest BCUT2D eigenvalue weighted by molar-refractivity contribution is -0.122. The summed E-state index contributed by atoms with van der Waals surface area (Å²) in [5, 5.41) is 6.69. The first-order chi connectivity index (χ1) is 9.15. The van der Waals surface area contributed by atoms with Crippen LogP contribution in [0, 0.1) is 17.8 Å². The van der Waals surface area contributed by atoms with Crippen molar-refractivity contribution in [3.63, 3.8) is 0 Å². The van der Waals surface area contributed by atoms with Gasteiger partial charge in [0.05, 0.1) is 0 Å². The van der Waals surface area contributed by atoms with E-state index < -0.39 is 0 Å². The quantitative estimate of drug-likeness (QED) is 0.821. The molecular formula is C16H30N2O. The van der Waals surface area contributed by atoms with Gasteiger partial charge in [0.1, 0.15) is 0 Å². The van der Waals surface area contributed by atoms with Crippen molar-refractivity contribution in [2.75, 3.05) is 13.1 Å². The molecule has 3 heteroatoms. The fourth-order valence-electron chi connectivity index (χ4n) is 3.66. The molecule has 0 spiro atoms. The maximum atomic E-state index is 12.0. The SMILES string of the molecule is CC1CCC(NC(=O)CCC2CCCNC2)C(C)C1. The molecule has 19 heavy (non-hydrogen) atoms. The molecule has 2 fully saturated rings. The van der Waals surface area contributed by atoms with Gasteiger partial charge >= 0.3 is 0 Å². The zero-order valence-electron chi connectivity index (χ0n) is 12.6. The van der Waals surface area contributed by atoms with Crippen molar-refractivity contribution in [1.29, 1.82) is 0 Å². The molecule has 2 rings (SSSR count). The Hall–Kier alpha value is -0.570. The summed E-state index contributed by atoms with van der Waals surface area (Å²) in [6.07, 6.45) is 8.02. The second kappa shape index (κ2) is 7.28. The highest BCUT2D eigenvalue weighted by atomic mass is 16.1. The van der Waals surface area contributed by atoms with Crippen LogP contribution in [0.4, 0.5) is 0 Å². The minimum atomic E-state index is 0.275. The lowest BCUT2D eigenvalue weighted by Crippen LogP contribution is -2.42. The van der Waals surface area contributed by atoms with E-state index in [1.165, 1.54) is 32.1 Å². The van der Waals surface area contributed by atoms with Crippen LogP contribution in [0.1, 0.15) is 58.8 Å². The number of hydrogen-bond acceptors (Lipinski definition) is 2. The molecule has 4 atom stereocenters. The minimum absolute atomic E-state index is 0.275. The predicted octanol–water partition coefficient (Wildman–Crippen LogP) is 2.71. The van der Waals surface area contributed by atoms with Gasteiger partial charge in [0.2, 0.25) is 5.91 Å². The van der Waals surface area contributed by atoms with Crippen LogP contribution < -0.4 is 10.6 Å². The Bertz CT molecular complexity index is 286. The summed E-state index contributed by atoms with van der Waals surface area (Å²) in [6, 6.07) is 0.424. The molecule has 1 amide bonds. The molecule has 4 unspecified atom stereocenters. The standard InChI is InChI=1S/C16H30N2O/c1-12-5-7-15(13(2)10-12)18-16(19)8-6-14-4-3-9-17-11-14/h12-15,17H,3-11H2,1-2H3,(H,18,19). The number of hydrogen-bond donors (Lipinski definition) is 2. The molecule has 0 aromatic rings. The molecule has 0 bridgehead atoms. The molecule has 1 heterocycles. The third kappa shape index (κ3) is 4.79. The van der Waals surface area contributed by atoms with Gasteiger partial charge in [-0.2, -0.15) is 0 Å². The van der Waals surface area contributed by atoms with Crippen LogP contribution in [0.15, 0.2) is 0 Å². The monoisotopic (exact) mass is 266 g/mol. The van der Waals surface area contributed by atoms with E-state index in [0.717, 1.165) is 25.4 Å². The maximum Gasteiger partial charge on any atom is 0.220 e. The Morgan fingerprint density at radius 3 is 2.79 bits per heavy atom. The van der Waals surface area contributed by atoms with Gasteiger partial charge in [-0.25, -0.2) is 0 Å². The van der Waals surface area contributed by atoms with Gasteiger partial charge in [-0.05, 0) is 69.4 Å². The Morgan fingerprint density at radius 1 is 1.26 bits per heavy atom. The predicted molar refractivity (Wildman–Crippen MR) is 78.9 cm³/mol. The van der Waals surface area contributed by atoms with E-state index in [4.69, 9.17) is 0 Å². The van der Waals surface area contributed by atoms with Crippen molar-refractivity contribution < 1.29 is 4.79 Å². The average Bonchev–Trinajstić information content (AvgIpc) is 2.41. The van der Waals surface area contributed by atoms with Crippen molar-refractivity contribution in [1.82, 2.24) is 10.6 Å². The summed E-state index contributed by atoms with van der Waals surface area (Å²) in [6.45, 7) is 6.86. The molecule has 1 aliphatic heterocycles. The fourth-order valence-corrected chi connectivity index (χ4v) is 3.66. The summed E-state index contributed by atoms with van der Waals surface area (Å²) < 4.78 is 0. The molecule has 0 aromatic heterocycles. The van der Waals surface area contributed by atoms with Crippen LogP contribution in [0.3, 0.4) is 0 Å². The second-order valence-corrected chi connectivity index (χ2v) is 6.82. The van der Waals surface area contributed by atoms with E-state index in [2.05, 4.69) is 24.5 Å². The summed E-state index contributed by atoms with van der Waals surface area (Å²) >= 11 is 0. The lowest BCUT2D eigenvalue weighted by Gasteiger charge is -2.33. The summed E-state index contributed by atoms with van der Waals surface area (Å²) in [5.41, 5.74) is 0. The summed E-state index contributed by atoms with van der Waals surface area (Å²) in [4.78, 5) is 12.0. The van der Waals surface area contributed by atoms with E-state index in [1.54, 1.807) is 0 Å². The fraction of sp³-hybridized carbons (Fsp3) is 0.938. The molecule has 1 aliphatic carbocycles. The van der Waals surface area contributed by atoms with Crippen molar-refractivity contribution >= 4 is 5.91 Å². The van der Waals surface area contributed by atoms with Crippen LogP contribution in [0.5, 0.6) is 0 Å². The topological polar surface area (TPSA) is 41.1 Å². The van der Waals surface area contributed by atoms with E-state index in [-0.39, 0.29) is 5.91 Å². The van der Waals surface area contributed by atoms with Gasteiger partial charge < -0.3 is 10.6 Å².